The molecule has 0 aromatic rings. The Morgan fingerprint density at radius 1 is 1.33 bits per heavy atom. The molecule has 1 aliphatic rings. The molecule has 0 amide bonds. The van der Waals surface area contributed by atoms with Crippen LogP contribution in [0, 0.1) is 15.5 Å². The average molecular weight is 261 g/mol. The van der Waals surface area contributed by atoms with Crippen LogP contribution in [-0.2, 0) is 14.5 Å². The van der Waals surface area contributed by atoms with Crippen molar-refractivity contribution in [2.24, 2.45) is 5.41 Å². The molecule has 0 saturated carbocycles. The molecule has 8 nitrogen and oxygen atoms in total. The minimum Gasteiger partial charge on any atom is -0.367 e. The van der Waals surface area contributed by atoms with Crippen LogP contribution in [0.4, 0.5) is 0 Å². The lowest BCUT2D eigenvalue weighted by Gasteiger charge is -2.32. The summed E-state index contributed by atoms with van der Waals surface area (Å²) in [6, 6.07) is 0. The summed E-state index contributed by atoms with van der Waals surface area (Å²) < 4.78 is 0. The van der Waals surface area contributed by atoms with Crippen molar-refractivity contribution >= 4 is 5.97 Å². The Kier molecular flexibility index (Phi) is 4.85. The van der Waals surface area contributed by atoms with Crippen molar-refractivity contribution < 1.29 is 19.6 Å². The lowest BCUT2D eigenvalue weighted by atomic mass is 9.95. The topological polar surface area (TPSA) is 85.2 Å². The van der Waals surface area contributed by atoms with Crippen LogP contribution in [0.25, 0.3) is 0 Å². The quantitative estimate of drug-likeness (QED) is 0.505. The average Bonchev–Trinajstić information content (AvgIpc) is 2.29. The van der Waals surface area contributed by atoms with Crippen molar-refractivity contribution in [3.8, 4) is 0 Å². The zero-order chi connectivity index (χ0) is 13.8. The van der Waals surface area contributed by atoms with Gasteiger partial charge in [-0.2, -0.15) is 0 Å². The second kappa shape index (κ2) is 5.96. The highest BCUT2D eigenvalue weighted by Gasteiger charge is 2.33. The number of nitrogens with zero attached hydrogens (tertiary/aromatic N) is 3. The summed E-state index contributed by atoms with van der Waals surface area (Å²) in [6.45, 7) is 5.69. The highest BCUT2D eigenvalue weighted by molar-refractivity contribution is 5.75. The van der Waals surface area contributed by atoms with Gasteiger partial charge in [-0.1, -0.05) is 0 Å². The van der Waals surface area contributed by atoms with Crippen LogP contribution < -0.4 is 0 Å². The van der Waals surface area contributed by atoms with Gasteiger partial charge >= 0.3 is 5.97 Å². The van der Waals surface area contributed by atoms with Crippen molar-refractivity contribution in [3.05, 3.63) is 10.1 Å². The summed E-state index contributed by atoms with van der Waals surface area (Å²) in [7, 11) is 1.99. The lowest BCUT2D eigenvalue weighted by molar-refractivity contribution is -0.760. The predicted molar refractivity (Wildman–Crippen MR) is 61.9 cm³/mol. The normalized spacial score (nSPS) is 18.4. The van der Waals surface area contributed by atoms with Crippen LogP contribution in [-0.4, -0.2) is 60.9 Å². The molecule has 0 aromatic carbocycles. The van der Waals surface area contributed by atoms with Crippen molar-refractivity contribution in [1.82, 2.24) is 9.96 Å². The van der Waals surface area contributed by atoms with Gasteiger partial charge in [-0.05, 0) is 20.9 Å². The van der Waals surface area contributed by atoms with Crippen molar-refractivity contribution in [3.63, 3.8) is 0 Å². The van der Waals surface area contributed by atoms with E-state index in [1.54, 1.807) is 18.9 Å². The standard InChI is InChI=1S/C10H19N3O5/c1-10(2,8-17-13(15)16)9(14)18-12-6-4-11(3)5-7-12/h4-8H2,1-3H3. The van der Waals surface area contributed by atoms with Gasteiger partial charge in [-0.25, -0.2) is 4.79 Å². The molecule has 0 aromatic heterocycles. The Morgan fingerprint density at radius 2 is 1.89 bits per heavy atom. The molecule has 1 aliphatic heterocycles. The predicted octanol–water partition coefficient (Wildman–Crippen LogP) is -0.0735. The van der Waals surface area contributed by atoms with Gasteiger partial charge in [-0.15, -0.1) is 15.2 Å². The van der Waals surface area contributed by atoms with Gasteiger partial charge < -0.3 is 14.6 Å². The summed E-state index contributed by atoms with van der Waals surface area (Å²) in [5.41, 5.74) is -1.05. The smallest absolute Gasteiger partial charge is 0.332 e. The number of rotatable bonds is 5. The highest BCUT2D eigenvalue weighted by Crippen LogP contribution is 2.19. The Bertz CT molecular complexity index is 313. The molecule has 0 N–H and O–H groups in total. The van der Waals surface area contributed by atoms with Crippen LogP contribution in [0.3, 0.4) is 0 Å². The molecule has 0 spiro atoms. The van der Waals surface area contributed by atoms with Gasteiger partial charge in [0, 0.05) is 26.2 Å². The van der Waals surface area contributed by atoms with Gasteiger partial charge in [0.15, 0.2) is 0 Å². The van der Waals surface area contributed by atoms with Crippen molar-refractivity contribution in [2.75, 3.05) is 39.8 Å². The number of carbonyl (C=O) groups is 1. The molecule has 0 unspecified atom stereocenters. The van der Waals surface area contributed by atoms with E-state index in [-0.39, 0.29) is 6.61 Å². The maximum absolute atomic E-state index is 11.8. The van der Waals surface area contributed by atoms with E-state index in [0.717, 1.165) is 13.1 Å². The SMILES string of the molecule is CN1CCN(OC(=O)C(C)(C)CO[N+](=O)[O-])CC1. The van der Waals surface area contributed by atoms with E-state index in [2.05, 4.69) is 9.74 Å². The van der Waals surface area contributed by atoms with E-state index in [0.29, 0.717) is 13.1 Å². The van der Waals surface area contributed by atoms with Gasteiger partial charge in [-0.3, -0.25) is 0 Å². The fourth-order valence-electron chi connectivity index (χ4n) is 1.39. The van der Waals surface area contributed by atoms with Crippen LogP contribution in [0.5, 0.6) is 0 Å². The number of piperazine rings is 1. The molecule has 1 saturated heterocycles. The first-order chi connectivity index (χ1) is 8.31. The molecule has 1 heterocycles. The van der Waals surface area contributed by atoms with E-state index >= 15 is 0 Å². The summed E-state index contributed by atoms with van der Waals surface area (Å²) in [5.74, 6) is -0.520. The van der Waals surface area contributed by atoms with E-state index in [1.807, 2.05) is 7.05 Å². The number of likely N-dealkylation sites (N-methyl/N-ethyl adjacent to an activating group) is 1. The first-order valence-electron chi connectivity index (χ1n) is 5.74. The molecule has 0 bridgehead atoms. The van der Waals surface area contributed by atoms with Crippen LogP contribution in [0.15, 0.2) is 0 Å². The molecular weight excluding hydrogens is 242 g/mol. The summed E-state index contributed by atoms with van der Waals surface area (Å²) in [4.78, 5) is 33.5. The minimum atomic E-state index is -1.05. The monoisotopic (exact) mass is 261 g/mol. The van der Waals surface area contributed by atoms with Gasteiger partial charge in [0.2, 0.25) is 0 Å². The number of hydroxylamine groups is 2. The van der Waals surface area contributed by atoms with Gasteiger partial charge in [0.25, 0.3) is 5.09 Å². The number of hydrogen-bond acceptors (Lipinski definition) is 7. The number of carbonyl (C=O) groups excluding carboxylic acids is 1. The molecule has 0 radical (unpaired) electrons. The maximum atomic E-state index is 11.8. The third-order valence-corrected chi connectivity index (χ3v) is 2.76. The second-order valence-corrected chi connectivity index (χ2v) is 4.99. The fraction of sp³-hybridized carbons (Fsp3) is 0.900. The Balaban J connectivity index is 2.41. The maximum Gasteiger partial charge on any atom is 0.332 e. The van der Waals surface area contributed by atoms with E-state index in [9.17, 15) is 14.9 Å². The minimum absolute atomic E-state index is 0.313. The molecule has 104 valence electrons. The summed E-state index contributed by atoms with van der Waals surface area (Å²) in [5, 5.41) is 10.8. The largest absolute Gasteiger partial charge is 0.367 e. The highest BCUT2D eigenvalue weighted by atomic mass is 16.9. The molecular formula is C10H19N3O5. The van der Waals surface area contributed by atoms with Crippen LogP contribution in [0.2, 0.25) is 0 Å². The first-order valence-corrected chi connectivity index (χ1v) is 5.74. The summed E-state index contributed by atoms with van der Waals surface area (Å²) >= 11 is 0. The molecule has 0 aliphatic carbocycles. The third-order valence-electron chi connectivity index (χ3n) is 2.76. The molecule has 8 heteroatoms. The van der Waals surface area contributed by atoms with Crippen LogP contribution in [0.1, 0.15) is 13.8 Å². The molecule has 1 rings (SSSR count). The van der Waals surface area contributed by atoms with Crippen molar-refractivity contribution in [1.29, 1.82) is 0 Å². The van der Waals surface area contributed by atoms with Crippen molar-refractivity contribution in [2.45, 2.75) is 13.8 Å². The third kappa shape index (κ3) is 4.46. The molecule has 1 fully saturated rings. The van der Waals surface area contributed by atoms with E-state index in [4.69, 9.17) is 4.84 Å². The Morgan fingerprint density at radius 3 is 2.39 bits per heavy atom. The Labute approximate surface area is 105 Å². The van der Waals surface area contributed by atoms with E-state index < -0.39 is 16.5 Å². The first kappa shape index (κ1) is 14.7. The number of hydrogen-bond donors (Lipinski definition) is 0. The Hall–Kier alpha value is -1.41. The zero-order valence-corrected chi connectivity index (χ0v) is 10.9. The second-order valence-electron chi connectivity index (χ2n) is 4.99. The van der Waals surface area contributed by atoms with Gasteiger partial charge in [0.05, 0.1) is 5.41 Å². The summed E-state index contributed by atoms with van der Waals surface area (Å²) in [6.07, 6.45) is 0. The van der Waals surface area contributed by atoms with Crippen LogP contribution >= 0.6 is 0 Å². The molecule has 0 atom stereocenters. The molecule has 18 heavy (non-hydrogen) atoms. The van der Waals surface area contributed by atoms with Gasteiger partial charge in [0.1, 0.15) is 6.61 Å². The zero-order valence-electron chi connectivity index (χ0n) is 10.9. The fourth-order valence-corrected chi connectivity index (χ4v) is 1.39. The lowest BCUT2D eigenvalue weighted by Crippen LogP contribution is -2.47. The van der Waals surface area contributed by atoms with E-state index in [1.165, 1.54) is 0 Å².